The zero-order valence-corrected chi connectivity index (χ0v) is 19.0. The van der Waals surface area contributed by atoms with Crippen molar-refractivity contribution < 1.29 is 0 Å². The molecule has 2 aromatic heterocycles. The Kier molecular flexibility index (Phi) is 5.74. The lowest BCUT2D eigenvalue weighted by atomic mass is 9.99. The Labute approximate surface area is 193 Å². The molecule has 0 N–H and O–H groups in total. The van der Waals surface area contributed by atoms with E-state index in [-0.39, 0.29) is 6.04 Å². The van der Waals surface area contributed by atoms with Gasteiger partial charge in [0.15, 0.2) is 0 Å². The Morgan fingerprint density at radius 2 is 1.55 bits per heavy atom. The van der Waals surface area contributed by atoms with Crippen molar-refractivity contribution in [3.05, 3.63) is 122 Å². The van der Waals surface area contributed by atoms with Gasteiger partial charge < -0.3 is 0 Å². The van der Waals surface area contributed by atoms with Gasteiger partial charge in [0.2, 0.25) is 5.82 Å². The minimum absolute atomic E-state index is 0.129. The van der Waals surface area contributed by atoms with Crippen LogP contribution in [0.2, 0.25) is 0 Å². The van der Waals surface area contributed by atoms with Crippen LogP contribution in [0.3, 0.4) is 0 Å². The first kappa shape index (κ1) is 19.8. The highest BCUT2D eigenvalue weighted by Gasteiger charge is 2.21. The lowest BCUT2D eigenvalue weighted by Gasteiger charge is -2.16. The molecule has 0 atom stereocenters. The number of aromatic nitrogens is 4. The van der Waals surface area contributed by atoms with E-state index < -0.39 is 0 Å². The molecule has 0 saturated heterocycles. The molecular weight excluding hydrogens is 468 g/mol. The normalized spacial score (nSPS) is 11.2. The van der Waals surface area contributed by atoms with Gasteiger partial charge in [0, 0.05) is 21.3 Å². The minimum Gasteiger partial charge on any atom is -0.152 e. The number of thiophene rings is 1. The second-order valence-corrected chi connectivity index (χ2v) is 9.14. The maximum atomic E-state index is 4.82. The Morgan fingerprint density at radius 1 is 0.839 bits per heavy atom. The van der Waals surface area contributed by atoms with Gasteiger partial charge in [0.05, 0.1) is 0 Å². The van der Waals surface area contributed by atoms with Gasteiger partial charge in [-0.15, -0.1) is 21.5 Å². The molecule has 0 aliphatic carbocycles. The van der Waals surface area contributed by atoms with Crippen molar-refractivity contribution in [2.24, 2.45) is 0 Å². The number of halogens is 1. The summed E-state index contributed by atoms with van der Waals surface area (Å²) in [4.78, 5) is 2.95. The van der Waals surface area contributed by atoms with E-state index in [0.717, 1.165) is 27.6 Å². The van der Waals surface area contributed by atoms with E-state index in [1.54, 1.807) is 16.1 Å². The van der Waals surface area contributed by atoms with Crippen LogP contribution >= 0.6 is 27.3 Å². The van der Waals surface area contributed by atoms with Gasteiger partial charge in [0.1, 0.15) is 6.04 Å². The average Bonchev–Trinajstić information content (AvgIpc) is 3.45. The molecule has 0 bridgehead atoms. The van der Waals surface area contributed by atoms with E-state index in [4.69, 9.17) is 5.10 Å². The highest BCUT2D eigenvalue weighted by Crippen LogP contribution is 2.30. The van der Waals surface area contributed by atoms with Gasteiger partial charge in [-0.25, -0.2) is 0 Å². The van der Waals surface area contributed by atoms with Crippen LogP contribution in [0.25, 0.3) is 11.4 Å². The van der Waals surface area contributed by atoms with Gasteiger partial charge in [-0.3, -0.25) is 0 Å². The molecule has 0 aliphatic rings. The molecule has 2 heterocycles. The van der Waals surface area contributed by atoms with Crippen LogP contribution in [0.4, 0.5) is 0 Å². The van der Waals surface area contributed by atoms with Crippen LogP contribution in [-0.2, 0) is 6.42 Å². The van der Waals surface area contributed by atoms with Gasteiger partial charge in [-0.05, 0) is 45.5 Å². The van der Waals surface area contributed by atoms with Crippen molar-refractivity contribution in [2.45, 2.75) is 12.5 Å². The Hall–Kier alpha value is -3.09. The maximum absolute atomic E-state index is 4.82. The third kappa shape index (κ3) is 4.36. The second-order valence-electron chi connectivity index (χ2n) is 7.22. The third-order valence-corrected chi connectivity index (χ3v) is 6.54. The highest BCUT2D eigenvalue weighted by atomic mass is 79.9. The summed E-state index contributed by atoms with van der Waals surface area (Å²) in [6.07, 6.45) is 0.835. The smallest absolute Gasteiger partial charge is 0.152 e. The summed E-state index contributed by atoms with van der Waals surface area (Å²) in [5, 5.41) is 15.8. The lowest BCUT2D eigenvalue weighted by Crippen LogP contribution is -2.15. The summed E-state index contributed by atoms with van der Waals surface area (Å²) < 4.78 is 1.08. The predicted molar refractivity (Wildman–Crippen MR) is 128 cm³/mol. The summed E-state index contributed by atoms with van der Waals surface area (Å²) in [5.74, 6) is 0.656. The Balaban J connectivity index is 1.50. The molecule has 4 nitrogen and oxygen atoms in total. The number of nitrogens with zero attached hydrogens (tertiary/aromatic N) is 4. The summed E-state index contributed by atoms with van der Waals surface area (Å²) in [6, 6.07) is 30.9. The van der Waals surface area contributed by atoms with Crippen molar-refractivity contribution in [1.29, 1.82) is 0 Å². The highest BCUT2D eigenvalue weighted by molar-refractivity contribution is 9.10. The summed E-state index contributed by atoms with van der Waals surface area (Å²) in [6.45, 7) is 0. The number of tetrazole rings is 1. The number of hydrogen-bond donors (Lipinski definition) is 0. The fourth-order valence-electron chi connectivity index (χ4n) is 3.68. The molecule has 0 radical (unpaired) electrons. The van der Waals surface area contributed by atoms with Crippen molar-refractivity contribution >= 4 is 27.3 Å². The fourth-order valence-corrected chi connectivity index (χ4v) is 5.03. The van der Waals surface area contributed by atoms with Crippen molar-refractivity contribution in [2.75, 3.05) is 0 Å². The molecule has 152 valence electrons. The molecule has 0 amide bonds. The van der Waals surface area contributed by atoms with E-state index >= 15 is 0 Å². The van der Waals surface area contributed by atoms with Gasteiger partial charge in [-0.1, -0.05) is 88.7 Å². The molecule has 0 fully saturated rings. The SMILES string of the molecule is Brc1cccc(Cc2sccc2-c2nnn(C(c3ccccc3)c3ccccc3)n2)c1. The van der Waals surface area contributed by atoms with E-state index in [1.165, 1.54) is 10.4 Å². The Morgan fingerprint density at radius 3 is 2.23 bits per heavy atom. The lowest BCUT2D eigenvalue weighted by molar-refractivity contribution is 0.505. The van der Waals surface area contributed by atoms with Crippen LogP contribution in [0.1, 0.15) is 27.6 Å². The zero-order chi connectivity index (χ0) is 21.0. The average molecular weight is 487 g/mol. The van der Waals surface area contributed by atoms with Crippen molar-refractivity contribution in [3.8, 4) is 11.4 Å². The quantitative estimate of drug-likeness (QED) is 0.279. The van der Waals surface area contributed by atoms with Crippen LogP contribution in [0.15, 0.2) is 101 Å². The van der Waals surface area contributed by atoms with Crippen LogP contribution in [0.5, 0.6) is 0 Å². The zero-order valence-electron chi connectivity index (χ0n) is 16.6. The van der Waals surface area contributed by atoms with Crippen LogP contribution < -0.4 is 0 Å². The monoisotopic (exact) mass is 486 g/mol. The molecule has 5 rings (SSSR count). The molecule has 0 aliphatic heterocycles. The van der Waals surface area contributed by atoms with Crippen molar-refractivity contribution in [1.82, 2.24) is 20.2 Å². The number of hydrogen-bond acceptors (Lipinski definition) is 4. The third-order valence-electron chi connectivity index (χ3n) is 5.13. The molecule has 3 aromatic carbocycles. The molecule has 5 aromatic rings. The molecule has 0 saturated carbocycles. The van der Waals surface area contributed by atoms with Crippen LogP contribution in [0, 0.1) is 0 Å². The van der Waals surface area contributed by atoms with Crippen LogP contribution in [-0.4, -0.2) is 20.2 Å². The first-order chi connectivity index (χ1) is 15.3. The van der Waals surface area contributed by atoms with Gasteiger partial charge in [-0.2, -0.15) is 4.80 Å². The Bertz CT molecular complexity index is 1240. The molecular formula is C25H19BrN4S. The summed E-state index contributed by atoms with van der Waals surface area (Å²) in [7, 11) is 0. The van der Waals surface area contributed by atoms with Crippen molar-refractivity contribution in [3.63, 3.8) is 0 Å². The number of rotatable bonds is 6. The summed E-state index contributed by atoms with van der Waals surface area (Å²) >= 11 is 5.28. The molecule has 31 heavy (non-hydrogen) atoms. The predicted octanol–water partition coefficient (Wildman–Crippen LogP) is 6.39. The standard InChI is InChI=1S/C25H19BrN4S/c26-21-13-7-8-18(16-21)17-23-22(14-15-31-23)25-27-29-30(28-25)24(19-9-3-1-4-10-19)20-11-5-2-6-12-20/h1-16,24H,17H2. The van der Waals surface area contributed by atoms with E-state index in [9.17, 15) is 0 Å². The maximum Gasteiger partial charge on any atom is 0.206 e. The second kappa shape index (κ2) is 8.96. The first-order valence-corrected chi connectivity index (χ1v) is 11.7. The fraction of sp³-hybridized carbons (Fsp3) is 0.0800. The number of benzene rings is 3. The minimum atomic E-state index is -0.129. The molecule has 6 heteroatoms. The van der Waals surface area contributed by atoms with E-state index in [2.05, 4.69) is 80.2 Å². The topological polar surface area (TPSA) is 43.6 Å². The molecule has 0 unspecified atom stereocenters. The summed E-state index contributed by atoms with van der Waals surface area (Å²) in [5.41, 5.74) is 4.53. The molecule has 0 spiro atoms. The van der Waals surface area contributed by atoms with E-state index in [1.807, 2.05) is 42.5 Å². The van der Waals surface area contributed by atoms with Gasteiger partial charge in [0.25, 0.3) is 0 Å². The van der Waals surface area contributed by atoms with Gasteiger partial charge >= 0.3 is 0 Å². The first-order valence-electron chi connectivity index (χ1n) is 9.98. The van der Waals surface area contributed by atoms with E-state index in [0.29, 0.717) is 5.82 Å². The largest absolute Gasteiger partial charge is 0.206 e.